The fraction of sp³-hybridized carbons (Fsp3) is 0.192. The molecular formula is C26H23F3N2OS. The summed E-state index contributed by atoms with van der Waals surface area (Å²) < 4.78 is 40.8. The number of fused-ring (bicyclic) bond motifs is 1. The van der Waals surface area contributed by atoms with Gasteiger partial charge in [0.05, 0.1) is 5.56 Å². The van der Waals surface area contributed by atoms with Crippen LogP contribution in [0.25, 0.3) is 10.9 Å². The smallest absolute Gasteiger partial charge is 0.350 e. The normalized spacial score (nSPS) is 11.6. The number of rotatable bonds is 7. The van der Waals surface area contributed by atoms with Crippen molar-refractivity contribution < 1.29 is 18.0 Å². The highest BCUT2D eigenvalue weighted by molar-refractivity contribution is 7.98. The molecule has 1 amide bonds. The number of para-hydroxylation sites is 1. The van der Waals surface area contributed by atoms with Crippen molar-refractivity contribution in [2.45, 2.75) is 30.3 Å². The Hall–Kier alpha value is -3.19. The number of thioether (sulfide) groups is 1. The fourth-order valence-electron chi connectivity index (χ4n) is 3.70. The zero-order chi connectivity index (χ0) is 23.4. The maximum absolute atomic E-state index is 12.9. The molecule has 0 unspecified atom stereocenters. The van der Waals surface area contributed by atoms with Gasteiger partial charge in [0.15, 0.2) is 0 Å². The van der Waals surface area contributed by atoms with Crippen LogP contribution in [-0.2, 0) is 18.5 Å². The summed E-state index contributed by atoms with van der Waals surface area (Å²) in [7, 11) is 0. The van der Waals surface area contributed by atoms with Gasteiger partial charge in [0.25, 0.3) is 5.91 Å². The average molecular weight is 469 g/mol. The quantitative estimate of drug-likeness (QED) is 0.307. The lowest BCUT2D eigenvalue weighted by Gasteiger charge is -2.10. The van der Waals surface area contributed by atoms with E-state index in [-0.39, 0.29) is 5.56 Å². The molecule has 0 spiro atoms. The van der Waals surface area contributed by atoms with Crippen molar-refractivity contribution in [3.63, 3.8) is 0 Å². The van der Waals surface area contributed by atoms with Gasteiger partial charge in [-0.25, -0.2) is 0 Å². The Morgan fingerprint density at radius 2 is 1.79 bits per heavy atom. The van der Waals surface area contributed by atoms with Crippen molar-refractivity contribution in [2.75, 3.05) is 6.54 Å². The van der Waals surface area contributed by atoms with Gasteiger partial charge in [-0.15, -0.1) is 11.8 Å². The van der Waals surface area contributed by atoms with Crippen LogP contribution < -0.4 is 5.32 Å². The van der Waals surface area contributed by atoms with E-state index in [0.717, 1.165) is 33.7 Å². The van der Waals surface area contributed by atoms with Crippen molar-refractivity contribution in [1.82, 2.24) is 9.88 Å². The summed E-state index contributed by atoms with van der Waals surface area (Å²) in [6.45, 7) is 2.89. The Labute approximate surface area is 194 Å². The van der Waals surface area contributed by atoms with Gasteiger partial charge in [-0.05, 0) is 36.8 Å². The largest absolute Gasteiger partial charge is 0.416 e. The molecule has 3 nitrogen and oxygen atoms in total. The first-order chi connectivity index (χ1) is 15.8. The topological polar surface area (TPSA) is 34.0 Å². The van der Waals surface area contributed by atoms with E-state index >= 15 is 0 Å². The highest BCUT2D eigenvalue weighted by atomic mass is 32.2. The molecule has 0 aliphatic carbocycles. The standard InChI is InChI=1S/C26H23F3N2OS/c1-18-6-4-7-19(14-18)17-33-24-16-31(23-11-3-2-10-22(23)24)13-12-30-25(32)20-8-5-9-21(15-20)26(27,28)29/h2-11,14-16H,12-13,17H2,1H3,(H,30,32). The molecule has 33 heavy (non-hydrogen) atoms. The van der Waals surface area contributed by atoms with Crippen molar-refractivity contribution in [2.24, 2.45) is 0 Å². The van der Waals surface area contributed by atoms with Gasteiger partial charge < -0.3 is 9.88 Å². The summed E-state index contributed by atoms with van der Waals surface area (Å²) in [6, 6.07) is 21.0. The number of alkyl halides is 3. The molecule has 0 fully saturated rings. The number of nitrogens with one attached hydrogen (secondary N) is 1. The second-order valence-electron chi connectivity index (χ2n) is 7.82. The molecule has 170 valence electrons. The van der Waals surface area contributed by atoms with Crippen LogP contribution in [0.15, 0.2) is 83.9 Å². The van der Waals surface area contributed by atoms with Crippen molar-refractivity contribution in [1.29, 1.82) is 0 Å². The van der Waals surface area contributed by atoms with E-state index < -0.39 is 17.6 Å². The first-order valence-electron chi connectivity index (χ1n) is 10.5. The van der Waals surface area contributed by atoms with E-state index in [0.29, 0.717) is 13.1 Å². The molecule has 0 aliphatic rings. The SMILES string of the molecule is Cc1cccc(CSc2cn(CCNC(=O)c3cccc(C(F)(F)F)c3)c3ccccc23)c1. The van der Waals surface area contributed by atoms with Crippen LogP contribution in [0.5, 0.6) is 0 Å². The number of halogens is 3. The number of aromatic nitrogens is 1. The minimum absolute atomic E-state index is 0.00316. The predicted octanol–water partition coefficient (Wildman–Crippen LogP) is 6.69. The molecule has 4 aromatic rings. The van der Waals surface area contributed by atoms with Gasteiger partial charge in [-0.3, -0.25) is 4.79 Å². The lowest BCUT2D eigenvalue weighted by Crippen LogP contribution is -2.27. The molecule has 7 heteroatoms. The Balaban J connectivity index is 1.43. The van der Waals surface area contributed by atoms with Gasteiger partial charge in [-0.1, -0.05) is 54.1 Å². The third-order valence-corrected chi connectivity index (χ3v) is 6.43. The Bertz CT molecular complexity index is 1280. The minimum Gasteiger partial charge on any atom is -0.350 e. The highest BCUT2D eigenvalue weighted by Crippen LogP contribution is 2.32. The lowest BCUT2D eigenvalue weighted by molar-refractivity contribution is -0.137. The summed E-state index contributed by atoms with van der Waals surface area (Å²) in [6.07, 6.45) is -2.41. The molecule has 3 aromatic carbocycles. The number of hydrogen-bond donors (Lipinski definition) is 1. The second kappa shape index (κ2) is 9.75. The van der Waals surface area contributed by atoms with Gasteiger partial charge in [-0.2, -0.15) is 13.2 Å². The van der Waals surface area contributed by atoms with Gasteiger partial charge in [0, 0.05) is 46.4 Å². The summed E-state index contributed by atoms with van der Waals surface area (Å²) in [4.78, 5) is 13.5. The number of carbonyl (C=O) groups excluding carboxylic acids is 1. The second-order valence-corrected chi connectivity index (χ2v) is 8.83. The number of nitrogens with zero attached hydrogens (tertiary/aromatic N) is 1. The summed E-state index contributed by atoms with van der Waals surface area (Å²) in [5.74, 6) is 0.328. The summed E-state index contributed by atoms with van der Waals surface area (Å²) in [5.41, 5.74) is 2.70. The fourth-order valence-corrected chi connectivity index (χ4v) is 4.74. The Morgan fingerprint density at radius 1 is 1.00 bits per heavy atom. The van der Waals surface area contributed by atoms with E-state index in [1.807, 2.05) is 18.2 Å². The maximum atomic E-state index is 12.9. The van der Waals surface area contributed by atoms with Crippen LogP contribution in [0.2, 0.25) is 0 Å². The number of carbonyl (C=O) groups is 1. The lowest BCUT2D eigenvalue weighted by atomic mass is 10.1. The molecule has 1 aromatic heterocycles. The van der Waals surface area contributed by atoms with E-state index in [9.17, 15) is 18.0 Å². The van der Waals surface area contributed by atoms with E-state index in [1.54, 1.807) is 11.8 Å². The molecular weight excluding hydrogens is 445 g/mol. The van der Waals surface area contributed by atoms with Gasteiger partial charge in [0.1, 0.15) is 0 Å². The van der Waals surface area contributed by atoms with Crippen LogP contribution in [-0.4, -0.2) is 17.0 Å². The van der Waals surface area contributed by atoms with Crippen LogP contribution in [0.3, 0.4) is 0 Å². The molecule has 0 atom stereocenters. The Kier molecular flexibility index (Phi) is 6.79. The maximum Gasteiger partial charge on any atom is 0.416 e. The third kappa shape index (κ3) is 5.60. The predicted molar refractivity (Wildman–Crippen MR) is 126 cm³/mol. The van der Waals surface area contributed by atoms with Crippen LogP contribution in [0.4, 0.5) is 13.2 Å². The van der Waals surface area contributed by atoms with Crippen molar-refractivity contribution >= 4 is 28.6 Å². The third-order valence-electron chi connectivity index (χ3n) is 5.32. The zero-order valence-corrected chi connectivity index (χ0v) is 18.8. The molecule has 4 rings (SSSR count). The van der Waals surface area contributed by atoms with Gasteiger partial charge >= 0.3 is 6.18 Å². The number of amides is 1. The first-order valence-corrected chi connectivity index (χ1v) is 11.5. The number of aryl methyl sites for hydroxylation is 1. The number of benzene rings is 3. The highest BCUT2D eigenvalue weighted by Gasteiger charge is 2.30. The summed E-state index contributed by atoms with van der Waals surface area (Å²) >= 11 is 1.76. The molecule has 0 aliphatic heterocycles. The monoisotopic (exact) mass is 468 g/mol. The molecule has 0 bridgehead atoms. The summed E-state index contributed by atoms with van der Waals surface area (Å²) in [5, 5.41) is 3.87. The van der Waals surface area contributed by atoms with Crippen LogP contribution in [0, 0.1) is 6.92 Å². The van der Waals surface area contributed by atoms with Gasteiger partial charge in [0.2, 0.25) is 0 Å². The molecule has 0 radical (unpaired) electrons. The molecule has 0 saturated carbocycles. The van der Waals surface area contributed by atoms with E-state index in [2.05, 4.69) is 53.3 Å². The van der Waals surface area contributed by atoms with Crippen LogP contribution in [0.1, 0.15) is 27.0 Å². The molecule has 0 saturated heterocycles. The first kappa shape index (κ1) is 23.0. The molecule has 1 N–H and O–H groups in total. The molecule has 1 heterocycles. The van der Waals surface area contributed by atoms with E-state index in [4.69, 9.17) is 0 Å². The van der Waals surface area contributed by atoms with E-state index in [1.165, 1.54) is 23.3 Å². The zero-order valence-electron chi connectivity index (χ0n) is 18.0. The van der Waals surface area contributed by atoms with Crippen molar-refractivity contribution in [3.05, 3.63) is 101 Å². The average Bonchev–Trinajstić information content (AvgIpc) is 3.15. The van der Waals surface area contributed by atoms with Crippen molar-refractivity contribution in [3.8, 4) is 0 Å². The van der Waals surface area contributed by atoms with Crippen LogP contribution >= 0.6 is 11.8 Å². The minimum atomic E-state index is -4.48. The number of hydrogen-bond acceptors (Lipinski definition) is 2. The Morgan fingerprint density at radius 3 is 2.58 bits per heavy atom.